The van der Waals surface area contributed by atoms with Gasteiger partial charge in [0.05, 0.1) is 23.3 Å². The Morgan fingerprint density at radius 3 is 0.941 bits per heavy atom. The van der Waals surface area contributed by atoms with Crippen molar-refractivity contribution in [2.45, 2.75) is 257 Å². The van der Waals surface area contributed by atoms with Crippen LogP contribution < -0.4 is 5.32 Å². The van der Waals surface area contributed by atoms with Crippen molar-refractivity contribution < 1.29 is 25.5 Å². The summed E-state index contributed by atoms with van der Waals surface area (Å²) >= 11 is 0. The Morgan fingerprint density at radius 2 is 0.664 bits per heavy atom. The molecule has 0 radical (unpaired) electrons. The first kappa shape index (κ1) is 111. The van der Waals surface area contributed by atoms with Crippen LogP contribution in [0.5, 0.6) is 5.75 Å². The minimum Gasteiger partial charge on any atom is -0.508 e. The second-order valence-electron chi connectivity index (χ2n) is 38.0. The number of hydrogen-bond acceptors (Lipinski definition) is 9. The molecule has 2 N–H and O–H groups in total. The van der Waals surface area contributed by atoms with Crippen molar-refractivity contribution in [1.82, 2.24) is 29.8 Å². The van der Waals surface area contributed by atoms with Gasteiger partial charge in [0.2, 0.25) is 0 Å². The van der Waals surface area contributed by atoms with Crippen molar-refractivity contribution >= 4 is 65.6 Å². The molecule has 6 saturated carbocycles. The second-order valence-corrected chi connectivity index (χ2v) is 60.8. The van der Waals surface area contributed by atoms with E-state index in [0.29, 0.717) is 46.7 Å². The Hall–Kier alpha value is -2.04. The van der Waals surface area contributed by atoms with Gasteiger partial charge in [-0.1, -0.05) is 292 Å². The summed E-state index contributed by atoms with van der Waals surface area (Å²) in [5.74, 6) is 4.82. The minimum atomic E-state index is 0. The number of benzene rings is 6. The van der Waals surface area contributed by atoms with E-state index in [9.17, 15) is 5.11 Å². The summed E-state index contributed by atoms with van der Waals surface area (Å²) in [5, 5.41) is 31.2. The molecule has 0 amide bonds. The maximum Gasteiger partial charge on any atom is 0.115 e. The number of nitrogens with zero attached hydrogens (tertiary/aromatic N) is 7. The number of rotatable bonds is 22. The van der Waals surface area contributed by atoms with E-state index >= 15 is 0 Å². The predicted molar refractivity (Wildman–Crippen MR) is 545 cm³/mol. The average Bonchev–Trinajstić information content (AvgIpc) is 0.820. The van der Waals surface area contributed by atoms with Gasteiger partial charge in [-0.3, -0.25) is 0 Å². The zero-order chi connectivity index (χ0) is 85.1. The van der Waals surface area contributed by atoms with Gasteiger partial charge < -0.3 is 34.9 Å². The van der Waals surface area contributed by atoms with Gasteiger partial charge in [-0.25, -0.2) is 0 Å². The first-order chi connectivity index (χ1) is 55.3. The van der Waals surface area contributed by atoms with Gasteiger partial charge in [-0.05, 0) is 320 Å². The van der Waals surface area contributed by atoms with E-state index in [1.165, 1.54) is 223 Å². The number of nitriles is 2. The fraction of sp³-hybridized carbons (Fsp3) is 0.624. The molecule has 0 heterocycles. The first-order valence-corrected chi connectivity index (χ1v) is 58.4. The van der Waals surface area contributed by atoms with Crippen LogP contribution in [0.1, 0.15) is 266 Å². The van der Waals surface area contributed by atoms with E-state index in [-0.39, 0.29) is 51.5 Å². The van der Waals surface area contributed by atoms with Crippen LogP contribution in [-0.2, 0) is 52.9 Å². The first-order valence-electron chi connectivity index (χ1n) is 44.1. The Bertz CT molecular complexity index is 3690. The van der Waals surface area contributed by atoms with Crippen LogP contribution in [0.25, 0.3) is 0 Å². The third-order valence-electron chi connectivity index (χ3n) is 27.8. The van der Waals surface area contributed by atoms with E-state index in [4.69, 9.17) is 10.5 Å². The summed E-state index contributed by atoms with van der Waals surface area (Å²) in [6, 6.07) is 58.2. The molecule has 18 heteroatoms. The maximum absolute atomic E-state index is 9.72. The van der Waals surface area contributed by atoms with Gasteiger partial charge in [0, 0.05) is 53.1 Å². The molecule has 20 atom stereocenters. The van der Waals surface area contributed by atoms with Crippen molar-refractivity contribution in [3.8, 4) is 17.9 Å². The normalized spacial score (nSPS) is 27.1. The van der Waals surface area contributed by atoms with E-state index in [1.54, 1.807) is 17.2 Å². The molecule has 0 aromatic heterocycles. The van der Waals surface area contributed by atoms with Crippen molar-refractivity contribution in [3.63, 3.8) is 0 Å². The summed E-state index contributed by atoms with van der Waals surface area (Å²) in [6.45, 7) is 26.3. The SMILES string of the molecule is C.C.CN(C)C[C@H]1CCCC[C@]1(C)c1cccc(C#N)c1.CN(C)C[C@H]1CCCC[C@]1(C)c1cccc(O)c1.CN(C)C[C@H]1CCCC[C@]1(C)c1ccccc1.CNC[C@H]1CCCC[C@]1(C)c1cccc(C#N)c1.Cc1cccc([C@@]2(C)CCCC[C@@H]2CN(C)C)c1.Cc1cccc([C@@]2(C)CCCC[C@@H]2CN(C)C)c1.PPPPP(P)PP.[Pd]. The Balaban J connectivity index is 0.000000361. The van der Waals surface area contributed by atoms with Gasteiger partial charge in [0.25, 0.3) is 0 Å². The maximum atomic E-state index is 9.72. The molecular weight excluding hydrogens is 1700 g/mol. The minimum absolute atomic E-state index is 0. The molecule has 0 spiro atoms. The Labute approximate surface area is 760 Å². The summed E-state index contributed by atoms with van der Waals surface area (Å²) < 4.78 is 0. The number of hydrogen-bond donors (Lipinski definition) is 2. The molecule has 6 aliphatic rings. The predicted octanol–water partition coefficient (Wildman–Crippen LogP) is 27.4. The second kappa shape index (κ2) is 56.3. The number of aromatic hydroxyl groups is 1. The molecule has 8 unspecified atom stereocenters. The average molecular weight is 1860 g/mol. The molecule has 6 aliphatic carbocycles. The largest absolute Gasteiger partial charge is 0.508 e. The van der Waals surface area contributed by atoms with E-state index < -0.39 is 0 Å². The summed E-state index contributed by atoms with van der Waals surface area (Å²) in [4.78, 5) is 11.6. The zero-order valence-corrected chi connectivity index (χ0v) is 86.1. The molecule has 12 rings (SSSR count). The third kappa shape index (κ3) is 34.5. The van der Waals surface area contributed by atoms with Crippen LogP contribution in [-0.4, -0.2) is 146 Å². The fourth-order valence-electron chi connectivity index (χ4n) is 20.6. The third-order valence-corrected chi connectivity index (χ3v) is 58.8. The van der Waals surface area contributed by atoms with Gasteiger partial charge in [-0.2, -0.15) is 10.5 Å². The molecule has 9 nitrogen and oxygen atoms in total. The summed E-state index contributed by atoms with van der Waals surface area (Å²) in [7, 11) is 37.1. The zero-order valence-electron chi connectivity index (χ0n) is 76.2. The fourth-order valence-corrected chi connectivity index (χ4v) is 50.8. The van der Waals surface area contributed by atoms with E-state index in [1.807, 2.05) is 43.4 Å². The summed E-state index contributed by atoms with van der Waals surface area (Å²) in [5.41, 5.74) is 14.7. The topological polar surface area (TPSA) is 96.0 Å². The van der Waals surface area contributed by atoms with Crippen molar-refractivity contribution in [1.29, 1.82) is 10.5 Å². The van der Waals surface area contributed by atoms with Crippen LogP contribution in [0.3, 0.4) is 0 Å². The van der Waals surface area contributed by atoms with Crippen molar-refractivity contribution in [2.75, 3.05) is 117 Å². The van der Waals surface area contributed by atoms with Gasteiger partial charge >= 0.3 is 0 Å². The molecule has 0 aliphatic heterocycles. The quantitative estimate of drug-likeness (QED) is 0.0509. The molecule has 0 bridgehead atoms. The van der Waals surface area contributed by atoms with E-state index in [2.05, 4.69) is 304 Å². The van der Waals surface area contributed by atoms with Gasteiger partial charge in [0.15, 0.2) is 0 Å². The molecule has 119 heavy (non-hydrogen) atoms. The van der Waals surface area contributed by atoms with Crippen LogP contribution in [0.15, 0.2) is 152 Å². The molecule has 6 fully saturated rings. The smallest absolute Gasteiger partial charge is 0.115 e. The standard InChI is InChI=1S/C17H24N2.2C17H27N.C16H22N2.C16H25NO.C16H25N.2CH4.H10P8.Pd/c1-17(15-9-6-7-14(11-15)12-18)10-5-4-8-16(17)13-19(2)3;2*1-14-8-7-10-15(12-14)17(2)11-6-5-9-16(17)13-18(3)4;1-16(9-4-3-7-15(16)12-18-2)14-8-5-6-13(10-14)11-17;1-16(13-8-6-9-15(18)11-13)10-5-4-7-14(16)12-17(2)3;1-16(14-9-5-4-6-10-14)12-8-7-11-15(16)13-17(2)3;;;1-4-6-7-8(3)5-2;/h6-7,9,11,16H,4-5,8,10,13H2,1-3H3;2*7-8,10,12,16H,5-6,9,11,13H2,1-4H3;5-6,8,10,15,18H,3-4,7,9,12H2,1-2H3;6,8-9,11,14,18H,4-5,7,10,12H2,1-3H3;4-6,9-10,15H,7-8,11-13H2,1-3H3;2*1H4;4-7H,1-3H2;/t3*16-,17-;15-,16-;14-,16-;15-,16-;;;;/m111111..../s1. The van der Waals surface area contributed by atoms with Crippen LogP contribution in [0.4, 0.5) is 0 Å². The van der Waals surface area contributed by atoms with Crippen LogP contribution in [0, 0.1) is 72.0 Å². The van der Waals surface area contributed by atoms with Crippen LogP contribution >= 0.6 is 65.6 Å². The van der Waals surface area contributed by atoms with Crippen molar-refractivity contribution in [3.05, 3.63) is 207 Å². The molecule has 6 aromatic rings. The number of aryl methyl sites for hydroxylation is 2. The monoisotopic (exact) mass is 1860 g/mol. The molecule has 6 aromatic carbocycles. The van der Waals surface area contributed by atoms with E-state index in [0.717, 1.165) is 64.4 Å². The molecule has 0 saturated heterocycles. The number of nitrogens with one attached hydrogen (secondary N) is 1. The van der Waals surface area contributed by atoms with Crippen molar-refractivity contribution in [2.24, 2.45) is 35.5 Å². The Kier molecular flexibility index (Phi) is 52.6. The molecular formula is C101H168N8OP8Pd. The van der Waals surface area contributed by atoms with Gasteiger partial charge in [-0.15, -0.1) is 26.8 Å². The van der Waals surface area contributed by atoms with Crippen LogP contribution in [0.2, 0.25) is 0 Å². The molecule has 668 valence electrons. The summed E-state index contributed by atoms with van der Waals surface area (Å²) in [6.07, 6.45) is 32.0. The van der Waals surface area contributed by atoms with Gasteiger partial charge in [0.1, 0.15) is 5.75 Å². The number of phenols is 1. The Morgan fingerprint density at radius 1 is 0.395 bits per heavy atom. The number of phenolic OH excluding ortho intramolecular Hbond substituents is 1.